The average Bonchev–Trinajstić information content (AvgIpc) is 3.35. The molecular weight excluding hydrogens is 463 g/mol. The second-order valence-corrected chi connectivity index (χ2v) is 7.04. The van der Waals surface area contributed by atoms with Crippen molar-refractivity contribution in [3.63, 3.8) is 0 Å². The summed E-state index contributed by atoms with van der Waals surface area (Å²) in [6.07, 6.45) is 0.597. The summed E-state index contributed by atoms with van der Waals surface area (Å²) in [6, 6.07) is 8.86. The number of anilines is 2. The van der Waals surface area contributed by atoms with E-state index in [0.717, 1.165) is 16.9 Å². The van der Waals surface area contributed by atoms with Crippen LogP contribution in [0.1, 0.15) is 23.0 Å². The van der Waals surface area contributed by atoms with Crippen molar-refractivity contribution in [2.24, 2.45) is 0 Å². The maximum absolute atomic E-state index is 13.2. The fourth-order valence-electron chi connectivity index (χ4n) is 3.10. The number of nitrogens with zero attached hydrogens (tertiary/aromatic N) is 6. The number of rotatable bonds is 6. The summed E-state index contributed by atoms with van der Waals surface area (Å²) in [6.45, 7) is 8.97. The molecule has 1 aromatic carbocycles. The van der Waals surface area contributed by atoms with Crippen molar-refractivity contribution in [3.05, 3.63) is 83.9 Å². The third kappa shape index (κ3) is 5.25. The van der Waals surface area contributed by atoms with Gasteiger partial charge in [-0.05, 0) is 31.2 Å². The Bertz CT molecular complexity index is 1430. The van der Waals surface area contributed by atoms with E-state index in [4.69, 9.17) is 11.3 Å². The molecule has 4 aromatic rings. The highest BCUT2D eigenvalue weighted by Gasteiger charge is 2.34. The summed E-state index contributed by atoms with van der Waals surface area (Å²) in [5.41, 5.74) is 0.608. The molecule has 12 heteroatoms. The first-order valence-corrected chi connectivity index (χ1v) is 10.2. The number of carbonyl (C=O) groups is 1. The van der Waals surface area contributed by atoms with Crippen molar-refractivity contribution >= 4 is 23.3 Å². The lowest BCUT2D eigenvalue weighted by atomic mass is 10.1. The van der Waals surface area contributed by atoms with Crippen molar-refractivity contribution in [2.45, 2.75) is 13.1 Å². The largest absolute Gasteiger partial charge is 0.462 e. The number of hydrogen-bond donors (Lipinski definition) is 1. The molecule has 3 heterocycles. The van der Waals surface area contributed by atoms with E-state index >= 15 is 0 Å². The summed E-state index contributed by atoms with van der Waals surface area (Å²) < 4.78 is 45.5. The van der Waals surface area contributed by atoms with Crippen LogP contribution in [0.2, 0.25) is 0 Å². The van der Waals surface area contributed by atoms with Crippen LogP contribution in [0.5, 0.6) is 0 Å². The summed E-state index contributed by atoms with van der Waals surface area (Å²) in [5.74, 6) is -0.521. The zero-order chi connectivity index (χ0) is 25.0. The third-order valence-corrected chi connectivity index (χ3v) is 4.66. The number of pyridine rings is 1. The maximum atomic E-state index is 13.2. The van der Waals surface area contributed by atoms with E-state index in [1.165, 1.54) is 24.7 Å². The first kappa shape index (κ1) is 23.4. The van der Waals surface area contributed by atoms with Gasteiger partial charge in [-0.3, -0.25) is 4.98 Å². The van der Waals surface area contributed by atoms with Gasteiger partial charge in [-0.1, -0.05) is 12.1 Å². The molecule has 0 fully saturated rings. The Labute approximate surface area is 197 Å². The fourth-order valence-corrected chi connectivity index (χ4v) is 3.10. The predicted molar refractivity (Wildman–Crippen MR) is 119 cm³/mol. The van der Waals surface area contributed by atoms with Gasteiger partial charge in [0, 0.05) is 41.6 Å². The van der Waals surface area contributed by atoms with Gasteiger partial charge in [-0.15, -0.1) is 0 Å². The number of benzene rings is 1. The minimum absolute atomic E-state index is 0.0159. The van der Waals surface area contributed by atoms with Crippen LogP contribution in [0.25, 0.3) is 21.8 Å². The Kier molecular flexibility index (Phi) is 6.41. The van der Waals surface area contributed by atoms with Crippen molar-refractivity contribution in [2.75, 3.05) is 11.9 Å². The van der Waals surface area contributed by atoms with Gasteiger partial charge >= 0.3 is 12.1 Å². The van der Waals surface area contributed by atoms with E-state index in [-0.39, 0.29) is 29.5 Å². The van der Waals surface area contributed by atoms with Crippen LogP contribution in [0.15, 0.2) is 61.2 Å². The molecule has 0 saturated heterocycles. The quantitative estimate of drug-likeness (QED) is 0.299. The SMILES string of the molecule is [C-]#[N+]c1cccc(Nc2ncc(-c3cncc(C(=O)OCC)c3)c(-n3ccc(C(F)(F)F)n3)n2)c1. The lowest BCUT2D eigenvalue weighted by Gasteiger charge is -2.12. The fraction of sp³-hybridized carbons (Fsp3) is 0.130. The van der Waals surface area contributed by atoms with Crippen LogP contribution in [0.4, 0.5) is 30.5 Å². The van der Waals surface area contributed by atoms with Crippen LogP contribution < -0.4 is 5.32 Å². The van der Waals surface area contributed by atoms with Crippen LogP contribution in [0, 0.1) is 6.57 Å². The summed E-state index contributed by atoms with van der Waals surface area (Å²) in [4.78, 5) is 28.2. The normalized spacial score (nSPS) is 11.1. The van der Waals surface area contributed by atoms with E-state index in [9.17, 15) is 18.0 Å². The van der Waals surface area contributed by atoms with Crippen molar-refractivity contribution in [3.8, 4) is 16.9 Å². The number of alkyl halides is 3. The lowest BCUT2D eigenvalue weighted by molar-refractivity contribution is -0.141. The van der Waals surface area contributed by atoms with E-state index in [0.29, 0.717) is 16.9 Å². The molecule has 0 amide bonds. The molecule has 0 saturated carbocycles. The molecule has 0 atom stereocenters. The molecule has 9 nitrogen and oxygen atoms in total. The minimum Gasteiger partial charge on any atom is -0.462 e. The summed E-state index contributed by atoms with van der Waals surface area (Å²) in [5, 5.41) is 6.55. The molecule has 0 bridgehead atoms. The topological polar surface area (TPSA) is 99.2 Å². The van der Waals surface area contributed by atoms with Gasteiger partial charge in [0.05, 0.1) is 18.7 Å². The van der Waals surface area contributed by atoms with Gasteiger partial charge in [-0.2, -0.15) is 23.3 Å². The average molecular weight is 479 g/mol. The van der Waals surface area contributed by atoms with E-state index < -0.39 is 17.8 Å². The minimum atomic E-state index is -4.65. The van der Waals surface area contributed by atoms with E-state index in [1.54, 1.807) is 31.2 Å². The van der Waals surface area contributed by atoms with Crippen molar-refractivity contribution < 1.29 is 22.7 Å². The van der Waals surface area contributed by atoms with Gasteiger partial charge in [0.25, 0.3) is 0 Å². The molecule has 0 radical (unpaired) electrons. The predicted octanol–water partition coefficient (Wildman–Crippen LogP) is 5.21. The number of halogens is 3. The van der Waals surface area contributed by atoms with Crippen molar-refractivity contribution in [1.82, 2.24) is 24.7 Å². The molecule has 4 rings (SSSR count). The Balaban J connectivity index is 1.80. The van der Waals surface area contributed by atoms with Gasteiger partial charge in [0.1, 0.15) is 0 Å². The second-order valence-electron chi connectivity index (χ2n) is 7.04. The Morgan fingerprint density at radius 2 is 2.03 bits per heavy atom. The molecule has 0 aliphatic rings. The third-order valence-electron chi connectivity index (χ3n) is 4.66. The maximum Gasteiger partial charge on any atom is 0.435 e. The zero-order valence-corrected chi connectivity index (χ0v) is 18.1. The summed E-state index contributed by atoms with van der Waals surface area (Å²) >= 11 is 0. The number of hydrogen-bond acceptors (Lipinski definition) is 7. The highest BCUT2D eigenvalue weighted by molar-refractivity contribution is 5.90. The molecule has 176 valence electrons. The smallest absolute Gasteiger partial charge is 0.435 e. The first-order valence-electron chi connectivity index (χ1n) is 10.2. The number of carbonyl (C=O) groups excluding carboxylic acids is 1. The lowest BCUT2D eigenvalue weighted by Crippen LogP contribution is -2.10. The molecule has 1 N–H and O–H groups in total. The Morgan fingerprint density at radius 3 is 2.74 bits per heavy atom. The zero-order valence-electron chi connectivity index (χ0n) is 18.1. The monoisotopic (exact) mass is 479 g/mol. The van der Waals surface area contributed by atoms with Crippen molar-refractivity contribution in [1.29, 1.82) is 0 Å². The standard InChI is InChI=1S/C23H16F3N7O2/c1-3-35-21(34)15-9-14(11-28-12-15)18-13-29-22(30-17-6-4-5-16(10-17)27-2)31-20(18)33-8-7-19(32-33)23(24,25)26/h4-13H,3H2,1H3,(H,29,30,31). The Morgan fingerprint density at radius 1 is 1.20 bits per heavy atom. The number of ether oxygens (including phenoxy) is 1. The number of esters is 1. The summed E-state index contributed by atoms with van der Waals surface area (Å²) in [7, 11) is 0. The molecule has 0 unspecified atom stereocenters. The van der Waals surface area contributed by atoms with Crippen LogP contribution >= 0.6 is 0 Å². The van der Waals surface area contributed by atoms with Gasteiger partial charge in [0.2, 0.25) is 5.95 Å². The first-order chi connectivity index (χ1) is 16.8. The highest BCUT2D eigenvalue weighted by atomic mass is 19.4. The molecule has 0 aliphatic carbocycles. The number of aromatic nitrogens is 5. The second kappa shape index (κ2) is 9.60. The molecule has 0 spiro atoms. The molecule has 35 heavy (non-hydrogen) atoms. The molecule has 3 aromatic heterocycles. The van der Waals surface area contributed by atoms with Gasteiger partial charge in [-0.25, -0.2) is 19.3 Å². The van der Waals surface area contributed by atoms with Crippen LogP contribution in [-0.4, -0.2) is 37.3 Å². The molecule has 0 aliphatic heterocycles. The van der Waals surface area contributed by atoms with Crippen LogP contribution in [0.3, 0.4) is 0 Å². The van der Waals surface area contributed by atoms with Crippen LogP contribution in [-0.2, 0) is 10.9 Å². The highest BCUT2D eigenvalue weighted by Crippen LogP contribution is 2.31. The van der Waals surface area contributed by atoms with Gasteiger partial charge < -0.3 is 10.1 Å². The number of nitrogens with one attached hydrogen (secondary N) is 1. The van der Waals surface area contributed by atoms with E-state index in [1.807, 2.05) is 0 Å². The van der Waals surface area contributed by atoms with E-state index in [2.05, 4.69) is 30.2 Å². The molecular formula is C23H16F3N7O2. The van der Waals surface area contributed by atoms with Gasteiger partial charge in [0.15, 0.2) is 17.2 Å². The Hall–Kier alpha value is -4.79.